The van der Waals surface area contributed by atoms with Crippen LogP contribution in [-0.4, -0.2) is 30.8 Å². The highest BCUT2D eigenvalue weighted by Crippen LogP contribution is 2.08. The average molecular weight is 190 g/mol. The van der Waals surface area contributed by atoms with Gasteiger partial charge in [-0.1, -0.05) is 0 Å². The molecule has 0 aliphatic heterocycles. The molecule has 0 amide bonds. The van der Waals surface area contributed by atoms with E-state index in [4.69, 9.17) is 5.11 Å². The zero-order valence-electron chi connectivity index (χ0n) is 7.03. The van der Waals surface area contributed by atoms with Crippen LogP contribution >= 0.6 is 0 Å². The van der Waals surface area contributed by atoms with Crippen molar-refractivity contribution in [1.82, 2.24) is 19.7 Å². The fourth-order valence-electron chi connectivity index (χ4n) is 1.07. The zero-order chi connectivity index (χ0) is 9.97. The molecule has 1 N–H and O–H groups in total. The SMILES string of the molecule is O=C(O)c1ccnnc1-n1ccnc1. The Labute approximate surface area is 78.9 Å². The van der Waals surface area contributed by atoms with Crippen LogP contribution in [0.25, 0.3) is 5.82 Å². The summed E-state index contributed by atoms with van der Waals surface area (Å²) in [5.74, 6) is -0.777. The molecule has 2 rings (SSSR count). The van der Waals surface area contributed by atoms with Crippen LogP contribution in [-0.2, 0) is 0 Å². The summed E-state index contributed by atoms with van der Waals surface area (Å²) in [4.78, 5) is 14.6. The molecule has 0 unspecified atom stereocenters. The van der Waals surface area contributed by atoms with Gasteiger partial charge in [-0.05, 0) is 6.07 Å². The van der Waals surface area contributed by atoms with E-state index >= 15 is 0 Å². The molecule has 0 bridgehead atoms. The third-order valence-electron chi connectivity index (χ3n) is 1.68. The lowest BCUT2D eigenvalue weighted by molar-refractivity contribution is 0.0696. The first-order valence-electron chi connectivity index (χ1n) is 3.82. The van der Waals surface area contributed by atoms with Crippen molar-refractivity contribution < 1.29 is 9.90 Å². The molecular weight excluding hydrogens is 184 g/mol. The summed E-state index contributed by atoms with van der Waals surface area (Å²) < 4.78 is 1.50. The van der Waals surface area contributed by atoms with Gasteiger partial charge in [-0.2, -0.15) is 5.10 Å². The minimum Gasteiger partial charge on any atom is -0.478 e. The van der Waals surface area contributed by atoms with Gasteiger partial charge < -0.3 is 5.11 Å². The molecule has 2 aromatic rings. The number of nitrogens with zero attached hydrogens (tertiary/aromatic N) is 4. The van der Waals surface area contributed by atoms with Crippen molar-refractivity contribution in [2.75, 3.05) is 0 Å². The monoisotopic (exact) mass is 190 g/mol. The second-order valence-electron chi connectivity index (χ2n) is 2.54. The third kappa shape index (κ3) is 1.33. The minimum absolute atomic E-state index is 0.0954. The van der Waals surface area contributed by atoms with E-state index in [0.29, 0.717) is 0 Å². The molecule has 70 valence electrons. The van der Waals surface area contributed by atoms with Gasteiger partial charge in [0.15, 0.2) is 5.82 Å². The molecule has 0 radical (unpaired) electrons. The van der Waals surface area contributed by atoms with E-state index < -0.39 is 5.97 Å². The van der Waals surface area contributed by atoms with Gasteiger partial charge in [0.05, 0.1) is 6.20 Å². The van der Waals surface area contributed by atoms with E-state index in [2.05, 4.69) is 15.2 Å². The molecule has 0 saturated heterocycles. The van der Waals surface area contributed by atoms with Gasteiger partial charge in [0.1, 0.15) is 11.9 Å². The van der Waals surface area contributed by atoms with Gasteiger partial charge in [-0.25, -0.2) is 9.78 Å². The van der Waals surface area contributed by atoms with E-state index in [-0.39, 0.29) is 11.4 Å². The Kier molecular flexibility index (Phi) is 1.94. The zero-order valence-corrected chi connectivity index (χ0v) is 7.03. The quantitative estimate of drug-likeness (QED) is 0.739. The standard InChI is InChI=1S/C8H6N4O2/c13-8(14)6-1-2-10-11-7(6)12-4-3-9-5-12/h1-5H,(H,13,14). The van der Waals surface area contributed by atoms with Crippen molar-refractivity contribution in [1.29, 1.82) is 0 Å². The second kappa shape index (κ2) is 3.25. The predicted molar refractivity (Wildman–Crippen MR) is 46.1 cm³/mol. The number of hydrogen-bond acceptors (Lipinski definition) is 4. The normalized spacial score (nSPS) is 10.0. The number of imidazole rings is 1. The Morgan fingerprint density at radius 2 is 2.29 bits per heavy atom. The third-order valence-corrected chi connectivity index (χ3v) is 1.68. The van der Waals surface area contributed by atoms with Crippen LogP contribution in [0.15, 0.2) is 31.0 Å². The highest BCUT2D eigenvalue weighted by molar-refractivity contribution is 5.90. The number of rotatable bonds is 2. The lowest BCUT2D eigenvalue weighted by atomic mass is 10.3. The Hall–Kier alpha value is -2.24. The van der Waals surface area contributed by atoms with Crippen LogP contribution in [0.5, 0.6) is 0 Å². The van der Waals surface area contributed by atoms with E-state index in [9.17, 15) is 4.79 Å². The topological polar surface area (TPSA) is 80.9 Å². The van der Waals surface area contributed by atoms with Gasteiger partial charge >= 0.3 is 5.97 Å². The Balaban J connectivity index is 2.58. The average Bonchev–Trinajstić information content (AvgIpc) is 2.70. The fourth-order valence-corrected chi connectivity index (χ4v) is 1.07. The maximum atomic E-state index is 10.8. The molecule has 14 heavy (non-hydrogen) atoms. The van der Waals surface area contributed by atoms with Crippen molar-refractivity contribution in [3.05, 3.63) is 36.5 Å². The first kappa shape index (κ1) is 8.36. The largest absolute Gasteiger partial charge is 0.478 e. The Bertz CT molecular complexity index is 452. The summed E-state index contributed by atoms with van der Waals surface area (Å²) in [6.45, 7) is 0. The van der Waals surface area contributed by atoms with Gasteiger partial charge in [0.2, 0.25) is 0 Å². The number of aromatic nitrogens is 4. The molecule has 0 saturated carbocycles. The Morgan fingerprint density at radius 3 is 2.93 bits per heavy atom. The molecule has 0 atom stereocenters. The highest BCUT2D eigenvalue weighted by atomic mass is 16.4. The number of aromatic carboxylic acids is 1. The molecule has 0 fully saturated rings. The molecule has 0 aromatic carbocycles. The van der Waals surface area contributed by atoms with Crippen molar-refractivity contribution in [2.45, 2.75) is 0 Å². The van der Waals surface area contributed by atoms with E-state index in [0.717, 1.165) is 0 Å². The van der Waals surface area contributed by atoms with Crippen molar-refractivity contribution >= 4 is 5.97 Å². The van der Waals surface area contributed by atoms with Crippen molar-refractivity contribution in [3.63, 3.8) is 0 Å². The molecular formula is C8H6N4O2. The molecule has 6 heteroatoms. The number of carbonyl (C=O) groups is 1. The lowest BCUT2D eigenvalue weighted by Gasteiger charge is -2.02. The molecule has 6 nitrogen and oxygen atoms in total. The van der Waals surface area contributed by atoms with E-state index in [1.165, 1.54) is 23.2 Å². The van der Waals surface area contributed by atoms with Crippen LogP contribution in [0.3, 0.4) is 0 Å². The molecule has 2 heterocycles. The van der Waals surface area contributed by atoms with E-state index in [1.807, 2.05) is 0 Å². The number of carboxylic acids is 1. The van der Waals surface area contributed by atoms with Crippen LogP contribution in [0.4, 0.5) is 0 Å². The summed E-state index contributed by atoms with van der Waals surface area (Å²) in [7, 11) is 0. The minimum atomic E-state index is -1.04. The second-order valence-corrected chi connectivity index (χ2v) is 2.54. The van der Waals surface area contributed by atoms with Gasteiger partial charge in [0, 0.05) is 12.4 Å². The fraction of sp³-hybridized carbons (Fsp3) is 0. The smallest absolute Gasteiger partial charge is 0.339 e. The first-order chi connectivity index (χ1) is 6.79. The first-order valence-corrected chi connectivity index (χ1v) is 3.82. The van der Waals surface area contributed by atoms with Gasteiger partial charge in [0.25, 0.3) is 0 Å². The molecule has 2 aromatic heterocycles. The van der Waals surface area contributed by atoms with Crippen LogP contribution < -0.4 is 0 Å². The molecule has 0 aliphatic carbocycles. The summed E-state index contributed by atoms with van der Waals surface area (Å²) >= 11 is 0. The highest BCUT2D eigenvalue weighted by Gasteiger charge is 2.12. The van der Waals surface area contributed by atoms with Crippen molar-refractivity contribution in [3.8, 4) is 5.82 Å². The van der Waals surface area contributed by atoms with Gasteiger partial charge in [-0.3, -0.25) is 4.57 Å². The molecule has 0 spiro atoms. The van der Waals surface area contributed by atoms with Crippen LogP contribution in [0, 0.1) is 0 Å². The summed E-state index contributed by atoms with van der Waals surface area (Å²) in [6, 6.07) is 1.39. The molecule has 0 aliphatic rings. The van der Waals surface area contributed by atoms with Crippen LogP contribution in [0.1, 0.15) is 10.4 Å². The summed E-state index contributed by atoms with van der Waals surface area (Å²) in [6.07, 6.45) is 5.96. The predicted octanol–water partition coefficient (Wildman–Crippen LogP) is 0.360. The van der Waals surface area contributed by atoms with Gasteiger partial charge in [-0.15, -0.1) is 5.10 Å². The summed E-state index contributed by atoms with van der Waals surface area (Å²) in [5.41, 5.74) is 0.0954. The lowest BCUT2D eigenvalue weighted by Crippen LogP contribution is -2.07. The Morgan fingerprint density at radius 1 is 1.43 bits per heavy atom. The van der Waals surface area contributed by atoms with Crippen molar-refractivity contribution in [2.24, 2.45) is 0 Å². The van der Waals surface area contributed by atoms with E-state index in [1.54, 1.807) is 12.4 Å². The van der Waals surface area contributed by atoms with Crippen LogP contribution in [0.2, 0.25) is 0 Å². The maximum Gasteiger partial charge on any atom is 0.339 e. The summed E-state index contributed by atoms with van der Waals surface area (Å²) in [5, 5.41) is 16.2. The number of hydrogen-bond donors (Lipinski definition) is 1. The number of carboxylic acid groups (broad SMARTS) is 1. The maximum absolute atomic E-state index is 10.8.